The lowest BCUT2D eigenvalue weighted by molar-refractivity contribution is -0.798. The number of aromatic nitrogens is 2. The summed E-state index contributed by atoms with van der Waals surface area (Å²) in [5.74, 6) is -0.594. The van der Waals surface area contributed by atoms with Gasteiger partial charge in [-0.25, -0.2) is 14.7 Å². The van der Waals surface area contributed by atoms with Crippen molar-refractivity contribution >= 4 is 25.8 Å². The molecule has 38 heavy (non-hydrogen) atoms. The molecule has 214 valence electrons. The predicted molar refractivity (Wildman–Crippen MR) is 136 cm³/mol. The summed E-state index contributed by atoms with van der Waals surface area (Å²) in [4.78, 5) is 56.1. The largest absolute Gasteiger partial charge is 0.462 e. The van der Waals surface area contributed by atoms with Gasteiger partial charge in [-0.05, 0) is 39.4 Å². The molecule has 0 radical (unpaired) electrons. The van der Waals surface area contributed by atoms with E-state index >= 15 is 0 Å². The van der Waals surface area contributed by atoms with E-state index in [0.29, 0.717) is 0 Å². The number of hydroxylamine groups is 1. The zero-order valence-corrected chi connectivity index (χ0v) is 23.6. The lowest BCUT2D eigenvalue weighted by atomic mass is 10.0. The van der Waals surface area contributed by atoms with Gasteiger partial charge in [0.2, 0.25) is 7.95 Å². The molecule has 1 aliphatic rings. The summed E-state index contributed by atoms with van der Waals surface area (Å²) < 4.78 is 31.1. The molecule has 1 aliphatic heterocycles. The van der Waals surface area contributed by atoms with Gasteiger partial charge in [-0.2, -0.15) is 0 Å². The second kappa shape index (κ2) is 13.8. The lowest BCUT2D eigenvalue weighted by Crippen LogP contribution is -2.38. The second-order valence-electron chi connectivity index (χ2n) is 9.59. The zero-order chi connectivity index (χ0) is 28.7. The zero-order valence-electron chi connectivity index (χ0n) is 22.6. The van der Waals surface area contributed by atoms with Gasteiger partial charge < -0.3 is 19.3 Å². The summed E-state index contributed by atoms with van der Waals surface area (Å²) >= 11 is 0. The molecule has 0 spiro atoms. The first-order valence-corrected chi connectivity index (χ1v) is 13.8. The van der Waals surface area contributed by atoms with Crippen LogP contribution in [0.15, 0.2) is 21.9 Å². The lowest BCUT2D eigenvalue weighted by Gasteiger charge is -2.17. The summed E-state index contributed by atoms with van der Waals surface area (Å²) in [7, 11) is -2.81. The Morgan fingerprint density at radius 1 is 1.18 bits per heavy atom. The molecule has 1 aromatic heterocycles. The summed E-state index contributed by atoms with van der Waals surface area (Å²) in [6, 6.07) is -0.775. The predicted octanol–water partition coefficient (Wildman–Crippen LogP) is 0.148. The van der Waals surface area contributed by atoms with Crippen LogP contribution in [-0.2, 0) is 33.2 Å². The molecule has 1 aromatic rings. The van der Waals surface area contributed by atoms with Crippen LogP contribution in [0.5, 0.6) is 0 Å². The van der Waals surface area contributed by atoms with Gasteiger partial charge in [-0.15, -0.1) is 0 Å². The molecule has 0 amide bonds. The highest BCUT2D eigenvalue weighted by Crippen LogP contribution is 2.33. The highest BCUT2D eigenvalue weighted by Gasteiger charge is 2.44. The van der Waals surface area contributed by atoms with Crippen LogP contribution in [-0.4, -0.2) is 80.4 Å². The number of H-pyrrole nitrogens is 1. The number of hydrogen-bond acceptors (Lipinski definition) is 10. The molecule has 2 rings (SSSR count). The van der Waals surface area contributed by atoms with Gasteiger partial charge in [-0.3, -0.25) is 28.5 Å². The SMILES string of the molecule is CC(C)OC(=O)[C@H](C)N[PH](=O)/C=[N+](/OC[C@H]1O[C@@H](n2ccc(=O)[nH]c2=O)[C@H](O)[C@@H]1C)[C@H](C)C(=O)OC(C)C. The number of ether oxygens (including phenoxy) is 3. The number of aliphatic hydroxyl groups excluding tert-OH is 1. The third-order valence-electron chi connectivity index (χ3n) is 5.63. The number of nitrogens with zero attached hydrogens (tertiary/aromatic N) is 2. The molecule has 0 bridgehead atoms. The van der Waals surface area contributed by atoms with E-state index in [1.165, 1.54) is 20.0 Å². The molecular weight excluding hydrogens is 523 g/mol. The van der Waals surface area contributed by atoms with E-state index < -0.39 is 73.7 Å². The smallest absolute Gasteiger partial charge is 0.380 e. The first-order chi connectivity index (χ1) is 17.7. The number of aliphatic hydroxyl groups is 1. The molecule has 1 saturated heterocycles. The summed E-state index contributed by atoms with van der Waals surface area (Å²) in [6.45, 7) is 11.2. The van der Waals surface area contributed by atoms with Crippen LogP contribution in [0.3, 0.4) is 0 Å². The van der Waals surface area contributed by atoms with E-state index in [2.05, 4.69) is 10.1 Å². The highest BCUT2D eigenvalue weighted by molar-refractivity contribution is 7.59. The maximum absolute atomic E-state index is 12.8. The Hall–Kier alpha value is -2.80. The Bertz CT molecular complexity index is 1150. The normalized spacial score (nSPS) is 24.2. The third-order valence-corrected chi connectivity index (χ3v) is 6.83. The maximum atomic E-state index is 12.8. The molecule has 1 unspecified atom stereocenters. The molecule has 0 saturated carbocycles. The molecule has 7 atom stereocenters. The molecular formula is C23H38N4O10P+. The van der Waals surface area contributed by atoms with Gasteiger partial charge in [0.05, 0.1) is 12.2 Å². The van der Waals surface area contributed by atoms with Crippen LogP contribution in [0, 0.1) is 5.92 Å². The Labute approximate surface area is 220 Å². The average Bonchev–Trinajstić information content (AvgIpc) is 3.08. The molecule has 15 heteroatoms. The van der Waals surface area contributed by atoms with E-state index in [1.54, 1.807) is 34.6 Å². The van der Waals surface area contributed by atoms with E-state index in [9.17, 15) is 28.8 Å². The van der Waals surface area contributed by atoms with Crippen LogP contribution >= 0.6 is 7.95 Å². The van der Waals surface area contributed by atoms with Gasteiger partial charge in [0.25, 0.3) is 17.6 Å². The number of rotatable bonds is 12. The number of nitrogens with one attached hydrogen (secondary N) is 2. The summed E-state index contributed by atoms with van der Waals surface area (Å²) in [5.41, 5.74) is -1.33. The topological polar surface area (TPSA) is 178 Å². The van der Waals surface area contributed by atoms with Crippen LogP contribution in [0.2, 0.25) is 0 Å². The van der Waals surface area contributed by atoms with Crippen molar-refractivity contribution in [2.75, 3.05) is 6.61 Å². The van der Waals surface area contributed by atoms with E-state index in [1.807, 2.05) is 0 Å². The fourth-order valence-corrected chi connectivity index (χ4v) is 4.68. The first-order valence-electron chi connectivity index (χ1n) is 12.3. The highest BCUT2D eigenvalue weighted by atomic mass is 31.1. The van der Waals surface area contributed by atoms with Crippen molar-refractivity contribution in [2.24, 2.45) is 5.92 Å². The fourth-order valence-electron chi connectivity index (χ4n) is 3.53. The minimum Gasteiger partial charge on any atom is -0.462 e. The Morgan fingerprint density at radius 3 is 2.37 bits per heavy atom. The van der Waals surface area contributed by atoms with Gasteiger partial charge in [0, 0.05) is 25.1 Å². The minimum atomic E-state index is -2.81. The van der Waals surface area contributed by atoms with Crippen LogP contribution < -0.4 is 16.3 Å². The van der Waals surface area contributed by atoms with Crippen LogP contribution in [0.25, 0.3) is 0 Å². The molecule has 0 aliphatic carbocycles. The number of carbonyl (C=O) groups excluding carboxylic acids is 2. The first kappa shape index (κ1) is 31.4. The Balaban J connectivity index is 2.20. The Kier molecular flexibility index (Phi) is 11.4. The standard InChI is InChI=1S/C23H37N4O10P/c1-12(2)35-21(30)15(6)25-38(33)11-27(16(7)22(31)36-13(3)4)34-10-17-14(5)19(29)20(37-17)26-9-8-18(28)24-23(26)32/h8-9,11-17,19-20,29,38H,10H2,1-7H3,(H-,24,25,28,32,33)/p+1/b27-11+/t14-,15+,16-,17-,19-,20-/m1/s1. The second-order valence-corrected chi connectivity index (χ2v) is 10.9. The van der Waals surface area contributed by atoms with Gasteiger partial charge in [0.1, 0.15) is 18.2 Å². The Morgan fingerprint density at radius 2 is 1.79 bits per heavy atom. The fraction of sp³-hybridized carbons (Fsp3) is 0.696. The van der Waals surface area contributed by atoms with E-state index in [4.69, 9.17) is 19.0 Å². The molecule has 14 nitrogen and oxygen atoms in total. The van der Waals surface area contributed by atoms with Crippen molar-refractivity contribution in [2.45, 2.75) is 91.2 Å². The molecule has 3 N–H and O–H groups in total. The number of carbonyl (C=O) groups is 2. The van der Waals surface area contributed by atoms with Crippen molar-refractivity contribution in [3.05, 3.63) is 33.1 Å². The van der Waals surface area contributed by atoms with Gasteiger partial charge in [-0.1, -0.05) is 6.92 Å². The third kappa shape index (κ3) is 8.62. The van der Waals surface area contributed by atoms with Gasteiger partial charge in [0.15, 0.2) is 12.8 Å². The molecule has 0 aromatic carbocycles. The molecule has 2 heterocycles. The maximum Gasteiger partial charge on any atom is 0.380 e. The number of hydrogen-bond donors (Lipinski definition) is 3. The summed E-state index contributed by atoms with van der Waals surface area (Å²) in [5, 5.41) is 13.3. The average molecular weight is 562 g/mol. The van der Waals surface area contributed by atoms with E-state index in [-0.39, 0.29) is 12.7 Å². The van der Waals surface area contributed by atoms with Crippen LogP contribution in [0.4, 0.5) is 0 Å². The number of esters is 2. The van der Waals surface area contributed by atoms with E-state index in [0.717, 1.165) is 21.3 Å². The van der Waals surface area contributed by atoms with Gasteiger partial charge >= 0.3 is 17.6 Å². The van der Waals surface area contributed by atoms with Crippen molar-refractivity contribution in [1.29, 1.82) is 0 Å². The van der Waals surface area contributed by atoms with Crippen molar-refractivity contribution < 1.29 is 43.0 Å². The quantitative estimate of drug-likeness (QED) is 0.104. The monoisotopic (exact) mass is 561 g/mol. The summed E-state index contributed by atoms with van der Waals surface area (Å²) in [6.07, 6.45) is -2.47. The van der Waals surface area contributed by atoms with Crippen molar-refractivity contribution in [3.63, 3.8) is 0 Å². The molecule has 1 fully saturated rings. The van der Waals surface area contributed by atoms with Crippen LogP contribution in [0.1, 0.15) is 54.7 Å². The minimum absolute atomic E-state index is 0.192. The number of aromatic amines is 1. The van der Waals surface area contributed by atoms with Crippen molar-refractivity contribution in [3.8, 4) is 0 Å². The van der Waals surface area contributed by atoms with Crippen molar-refractivity contribution in [1.82, 2.24) is 14.6 Å².